The Kier molecular flexibility index (Phi) is 10.7. The standard InChI is InChI=1S/C36H42ClN7O5/c1-41(2)11-5-6-34(45)43-12-9-25(10-13-43)44-30-21-33(40-32-8-7-26(23-39-32)42-14-16-49-17-15-42)38-22-24(30)18-29(36(44)46)28-19-27(47-3)20-31(48-4)35(28)37/h5-8,18-23,25H,9-17H2,1-4H3,(H,38,39,40)/b6-5+. The number of likely N-dealkylation sites (N-methyl/N-ethyl adjacent to an activating group) is 1. The van der Waals surface area contributed by atoms with Crippen LogP contribution in [0.5, 0.6) is 11.5 Å². The van der Waals surface area contributed by atoms with Gasteiger partial charge in [0.2, 0.25) is 5.91 Å². The average Bonchev–Trinajstić information content (AvgIpc) is 3.12. The molecule has 1 aromatic carbocycles. The highest BCUT2D eigenvalue weighted by Gasteiger charge is 2.27. The number of likely N-dealkylation sites (tertiary alicyclic amines) is 1. The minimum absolute atomic E-state index is 0.0238. The molecule has 2 aliphatic heterocycles. The second-order valence-corrected chi connectivity index (χ2v) is 12.8. The van der Waals surface area contributed by atoms with Crippen LogP contribution >= 0.6 is 11.6 Å². The summed E-state index contributed by atoms with van der Waals surface area (Å²) < 4.78 is 18.3. The largest absolute Gasteiger partial charge is 0.497 e. The minimum Gasteiger partial charge on any atom is -0.497 e. The maximum atomic E-state index is 14.6. The zero-order chi connectivity index (χ0) is 34.5. The lowest BCUT2D eigenvalue weighted by atomic mass is 10.00. The summed E-state index contributed by atoms with van der Waals surface area (Å²) in [5, 5.41) is 4.39. The lowest BCUT2D eigenvalue weighted by Crippen LogP contribution is -2.40. The van der Waals surface area contributed by atoms with E-state index in [1.807, 2.05) is 65.0 Å². The molecule has 0 unspecified atom stereocenters. The number of rotatable bonds is 10. The van der Waals surface area contributed by atoms with E-state index in [0.29, 0.717) is 85.0 Å². The summed E-state index contributed by atoms with van der Waals surface area (Å²) in [6, 6.07) is 10.9. The van der Waals surface area contributed by atoms with Crippen LogP contribution in [-0.2, 0) is 9.53 Å². The number of carbonyl (C=O) groups excluding carboxylic acids is 1. The second kappa shape index (κ2) is 15.3. The fraction of sp³-hybridized carbons (Fsp3) is 0.389. The predicted molar refractivity (Wildman–Crippen MR) is 193 cm³/mol. The van der Waals surface area contributed by atoms with Gasteiger partial charge in [0, 0.05) is 79.7 Å². The van der Waals surface area contributed by atoms with Gasteiger partial charge in [-0.25, -0.2) is 9.97 Å². The van der Waals surface area contributed by atoms with Gasteiger partial charge in [-0.15, -0.1) is 0 Å². The zero-order valence-corrected chi connectivity index (χ0v) is 29.1. The fourth-order valence-electron chi connectivity index (χ4n) is 6.30. The van der Waals surface area contributed by atoms with Crippen LogP contribution in [0, 0.1) is 0 Å². The third-order valence-corrected chi connectivity index (χ3v) is 9.32. The number of nitrogens with zero attached hydrogens (tertiary/aromatic N) is 6. The van der Waals surface area contributed by atoms with E-state index < -0.39 is 0 Å². The fourth-order valence-corrected chi connectivity index (χ4v) is 6.59. The van der Waals surface area contributed by atoms with Crippen molar-refractivity contribution in [2.24, 2.45) is 0 Å². The first-order valence-electron chi connectivity index (χ1n) is 16.4. The number of carbonyl (C=O) groups is 1. The molecule has 13 heteroatoms. The molecule has 0 spiro atoms. The molecule has 1 amide bonds. The Morgan fingerprint density at radius 1 is 1.00 bits per heavy atom. The van der Waals surface area contributed by atoms with Gasteiger partial charge in [-0.05, 0) is 51.2 Å². The van der Waals surface area contributed by atoms with Crippen LogP contribution in [0.15, 0.2) is 65.7 Å². The smallest absolute Gasteiger partial charge is 0.259 e. The van der Waals surface area contributed by atoms with Crippen molar-refractivity contribution >= 4 is 45.7 Å². The highest BCUT2D eigenvalue weighted by atomic mass is 35.5. The van der Waals surface area contributed by atoms with Crippen molar-refractivity contribution in [2.45, 2.75) is 18.9 Å². The third-order valence-electron chi connectivity index (χ3n) is 8.93. The number of anilines is 3. The first-order valence-corrected chi connectivity index (χ1v) is 16.8. The number of piperidine rings is 1. The van der Waals surface area contributed by atoms with Crippen LogP contribution < -0.4 is 25.2 Å². The molecule has 5 heterocycles. The molecule has 4 aromatic rings. The molecule has 12 nitrogen and oxygen atoms in total. The highest BCUT2D eigenvalue weighted by Crippen LogP contribution is 2.39. The van der Waals surface area contributed by atoms with Gasteiger partial charge in [0.1, 0.15) is 23.1 Å². The van der Waals surface area contributed by atoms with Crippen LogP contribution in [0.3, 0.4) is 0 Å². The minimum atomic E-state index is -0.203. The molecule has 49 heavy (non-hydrogen) atoms. The van der Waals surface area contributed by atoms with Crippen LogP contribution in [-0.4, -0.2) is 104 Å². The van der Waals surface area contributed by atoms with Crippen LogP contribution in [0.25, 0.3) is 22.0 Å². The van der Waals surface area contributed by atoms with Gasteiger partial charge in [0.15, 0.2) is 0 Å². The van der Waals surface area contributed by atoms with Gasteiger partial charge in [-0.2, -0.15) is 0 Å². The van der Waals surface area contributed by atoms with E-state index in [2.05, 4.69) is 15.2 Å². The highest BCUT2D eigenvalue weighted by molar-refractivity contribution is 6.35. The molecule has 0 bridgehead atoms. The number of aromatic nitrogens is 3. The summed E-state index contributed by atoms with van der Waals surface area (Å²) in [6.07, 6.45) is 8.31. The van der Waals surface area contributed by atoms with E-state index in [1.165, 1.54) is 7.11 Å². The summed E-state index contributed by atoms with van der Waals surface area (Å²) in [4.78, 5) is 42.9. The quantitative estimate of drug-likeness (QED) is 0.229. The van der Waals surface area contributed by atoms with E-state index >= 15 is 0 Å². The molecule has 0 atom stereocenters. The summed E-state index contributed by atoms with van der Waals surface area (Å²) in [7, 11) is 7.00. The van der Waals surface area contributed by atoms with Crippen molar-refractivity contribution in [1.82, 2.24) is 24.3 Å². The molecular formula is C36H42ClN7O5. The summed E-state index contributed by atoms with van der Waals surface area (Å²) in [5.74, 6) is 2.09. The van der Waals surface area contributed by atoms with Gasteiger partial charge in [-0.1, -0.05) is 17.7 Å². The van der Waals surface area contributed by atoms with E-state index in [1.54, 1.807) is 31.5 Å². The van der Waals surface area contributed by atoms with E-state index in [4.69, 9.17) is 30.8 Å². The zero-order valence-electron chi connectivity index (χ0n) is 28.3. The number of methoxy groups -OCH3 is 2. The molecule has 0 aliphatic carbocycles. The number of ether oxygens (including phenoxy) is 3. The Labute approximate surface area is 290 Å². The van der Waals surface area contributed by atoms with Crippen molar-refractivity contribution < 1.29 is 19.0 Å². The number of amides is 1. The SMILES string of the molecule is COc1cc(OC)c(Cl)c(-c2cc3cnc(Nc4ccc(N5CCOCC5)cn4)cc3n(C3CCN(C(=O)/C=C/CN(C)C)CC3)c2=O)c1. The lowest BCUT2D eigenvalue weighted by Gasteiger charge is -2.33. The van der Waals surface area contributed by atoms with Crippen LogP contribution in [0.1, 0.15) is 18.9 Å². The summed E-state index contributed by atoms with van der Waals surface area (Å²) >= 11 is 6.80. The Balaban J connectivity index is 1.36. The molecule has 258 valence electrons. The average molecular weight is 688 g/mol. The van der Waals surface area contributed by atoms with E-state index in [0.717, 1.165) is 29.7 Å². The van der Waals surface area contributed by atoms with E-state index in [9.17, 15) is 9.59 Å². The molecule has 6 rings (SSSR count). The van der Waals surface area contributed by atoms with Gasteiger partial charge in [-0.3, -0.25) is 9.59 Å². The number of halogens is 1. The predicted octanol–water partition coefficient (Wildman–Crippen LogP) is 4.99. The second-order valence-electron chi connectivity index (χ2n) is 12.4. The number of hydrogen-bond acceptors (Lipinski definition) is 10. The molecule has 2 fully saturated rings. The van der Waals surface area contributed by atoms with Crippen molar-refractivity contribution in [1.29, 1.82) is 0 Å². The van der Waals surface area contributed by atoms with Crippen LogP contribution in [0.4, 0.5) is 17.3 Å². The normalized spacial score (nSPS) is 15.7. The van der Waals surface area contributed by atoms with Crippen molar-refractivity contribution in [2.75, 3.05) is 84.5 Å². The lowest BCUT2D eigenvalue weighted by molar-refractivity contribution is -0.127. The van der Waals surface area contributed by atoms with Gasteiger partial charge >= 0.3 is 0 Å². The van der Waals surface area contributed by atoms with Crippen molar-refractivity contribution in [3.8, 4) is 22.6 Å². The maximum absolute atomic E-state index is 14.6. The van der Waals surface area contributed by atoms with Crippen molar-refractivity contribution in [3.63, 3.8) is 0 Å². The first-order chi connectivity index (χ1) is 23.7. The maximum Gasteiger partial charge on any atom is 0.259 e. The van der Waals surface area contributed by atoms with Crippen molar-refractivity contribution in [3.05, 3.63) is 76.3 Å². The number of benzene rings is 1. The Morgan fingerprint density at radius 3 is 2.43 bits per heavy atom. The molecule has 2 aliphatic rings. The number of pyridine rings is 3. The number of hydrogen-bond donors (Lipinski definition) is 1. The Bertz CT molecular complexity index is 1880. The molecule has 0 radical (unpaired) electrons. The van der Waals surface area contributed by atoms with Gasteiger partial charge in [0.25, 0.3) is 5.56 Å². The number of nitrogens with one attached hydrogen (secondary N) is 1. The summed E-state index contributed by atoms with van der Waals surface area (Å²) in [6.45, 7) is 4.79. The molecule has 3 aromatic heterocycles. The Morgan fingerprint density at radius 2 is 1.76 bits per heavy atom. The molecule has 2 saturated heterocycles. The summed E-state index contributed by atoms with van der Waals surface area (Å²) in [5.41, 5.74) is 2.46. The first kappa shape index (κ1) is 34.2. The van der Waals surface area contributed by atoms with Crippen LogP contribution in [0.2, 0.25) is 5.02 Å². The third kappa shape index (κ3) is 7.66. The Hall–Kier alpha value is -4.65. The van der Waals surface area contributed by atoms with Gasteiger partial charge < -0.3 is 38.8 Å². The monoisotopic (exact) mass is 687 g/mol. The molecular weight excluding hydrogens is 646 g/mol. The molecule has 1 N–H and O–H groups in total. The van der Waals surface area contributed by atoms with E-state index in [-0.39, 0.29) is 17.5 Å². The molecule has 0 saturated carbocycles. The van der Waals surface area contributed by atoms with Gasteiger partial charge in [0.05, 0.1) is 49.9 Å². The topological polar surface area (TPSA) is 114 Å². The number of morpholine rings is 1. The number of fused-ring (bicyclic) bond motifs is 1.